The number of rotatable bonds is 7. The molecule has 0 saturated carbocycles. The number of hydrogen-bond acceptors (Lipinski definition) is 5. The number of aromatic nitrogens is 1. The molecular weight excluding hydrogens is 300 g/mol. The number of ether oxygens (including phenoxy) is 2. The second-order valence-corrected chi connectivity index (χ2v) is 6.00. The topological polar surface area (TPSA) is 48.4 Å². The molecule has 2 rings (SSSR count). The fourth-order valence-electron chi connectivity index (χ4n) is 2.38. The van der Waals surface area contributed by atoms with Gasteiger partial charge in [-0.05, 0) is 26.2 Å². The highest BCUT2D eigenvalue weighted by molar-refractivity contribution is 7.11. The van der Waals surface area contributed by atoms with Crippen molar-refractivity contribution in [2.75, 3.05) is 19.8 Å². The molecular formula is C14H19F2NO3S. The Bertz CT molecular complexity index is 479. The lowest BCUT2D eigenvalue weighted by Gasteiger charge is -2.19. The Hall–Kier alpha value is -1.08. The van der Waals surface area contributed by atoms with E-state index in [0.717, 1.165) is 34.8 Å². The Morgan fingerprint density at radius 1 is 1.52 bits per heavy atom. The van der Waals surface area contributed by atoms with Gasteiger partial charge in [-0.25, -0.2) is 13.8 Å². The van der Waals surface area contributed by atoms with Crippen LogP contribution in [0.25, 0.3) is 0 Å². The molecule has 0 fully saturated rings. The molecule has 0 aromatic carbocycles. The normalized spacial score (nSPS) is 17.8. The summed E-state index contributed by atoms with van der Waals surface area (Å²) in [7, 11) is 0. The van der Waals surface area contributed by atoms with Crippen molar-refractivity contribution in [2.45, 2.75) is 45.0 Å². The fourth-order valence-corrected chi connectivity index (χ4v) is 3.53. The van der Waals surface area contributed by atoms with Gasteiger partial charge < -0.3 is 9.47 Å². The highest BCUT2D eigenvalue weighted by Crippen LogP contribution is 2.35. The fraction of sp³-hybridized carbons (Fsp3) is 0.714. The lowest BCUT2D eigenvalue weighted by atomic mass is 9.91. The Morgan fingerprint density at radius 2 is 2.33 bits per heavy atom. The van der Waals surface area contributed by atoms with Crippen molar-refractivity contribution in [3.63, 3.8) is 0 Å². The van der Waals surface area contributed by atoms with Crippen molar-refractivity contribution in [2.24, 2.45) is 0 Å². The molecule has 0 radical (unpaired) electrons. The molecule has 1 aliphatic carbocycles. The number of thiazole rings is 1. The van der Waals surface area contributed by atoms with Gasteiger partial charge in [0.25, 0.3) is 6.43 Å². The summed E-state index contributed by atoms with van der Waals surface area (Å²) in [6, 6.07) is 0. The zero-order chi connectivity index (χ0) is 15.2. The summed E-state index contributed by atoms with van der Waals surface area (Å²) in [5.41, 5.74) is 0.813. The number of hydrogen-bond donors (Lipinski definition) is 0. The maximum absolute atomic E-state index is 12.0. The molecule has 1 unspecified atom stereocenters. The third-order valence-electron chi connectivity index (χ3n) is 3.27. The van der Waals surface area contributed by atoms with Crippen LogP contribution in [0.5, 0.6) is 0 Å². The second kappa shape index (κ2) is 7.79. The first-order valence-corrected chi connectivity index (χ1v) is 7.94. The zero-order valence-corrected chi connectivity index (χ0v) is 12.8. The van der Waals surface area contributed by atoms with Crippen LogP contribution >= 0.6 is 11.3 Å². The summed E-state index contributed by atoms with van der Waals surface area (Å²) >= 11 is 1.55. The standard InChI is InChI=1S/C14H19F2NO3S/c1-2-20-14(18)9-4-3-5-10-13(9)17-12(21-10)6-7-19-8-11(15)16/h9,11H,2-8H2,1H3. The van der Waals surface area contributed by atoms with E-state index in [1.54, 1.807) is 18.3 Å². The Morgan fingerprint density at radius 3 is 3.05 bits per heavy atom. The summed E-state index contributed by atoms with van der Waals surface area (Å²) in [4.78, 5) is 17.6. The molecule has 1 aliphatic rings. The lowest BCUT2D eigenvalue weighted by molar-refractivity contribution is -0.145. The second-order valence-electron chi connectivity index (χ2n) is 4.83. The van der Waals surface area contributed by atoms with Gasteiger partial charge >= 0.3 is 5.97 Å². The molecule has 7 heteroatoms. The van der Waals surface area contributed by atoms with E-state index < -0.39 is 13.0 Å². The number of esters is 1. The van der Waals surface area contributed by atoms with E-state index in [-0.39, 0.29) is 18.5 Å². The van der Waals surface area contributed by atoms with E-state index in [1.807, 2.05) is 0 Å². The molecule has 1 atom stereocenters. The van der Waals surface area contributed by atoms with Crippen molar-refractivity contribution in [3.05, 3.63) is 15.6 Å². The van der Waals surface area contributed by atoms with Gasteiger partial charge in [0.2, 0.25) is 0 Å². The van der Waals surface area contributed by atoms with Crippen LogP contribution in [0.15, 0.2) is 0 Å². The molecule has 0 bridgehead atoms. The van der Waals surface area contributed by atoms with Gasteiger partial charge in [0.05, 0.1) is 23.9 Å². The molecule has 118 valence electrons. The smallest absolute Gasteiger partial charge is 0.315 e. The van der Waals surface area contributed by atoms with Crippen LogP contribution in [0.1, 0.15) is 41.3 Å². The van der Waals surface area contributed by atoms with Crippen LogP contribution < -0.4 is 0 Å². The Kier molecular flexibility index (Phi) is 6.05. The molecule has 0 amide bonds. The van der Waals surface area contributed by atoms with Crippen molar-refractivity contribution in [1.82, 2.24) is 4.98 Å². The van der Waals surface area contributed by atoms with E-state index in [1.165, 1.54) is 0 Å². The third kappa shape index (κ3) is 4.44. The Labute approximate surface area is 126 Å². The minimum atomic E-state index is -2.44. The van der Waals surface area contributed by atoms with Gasteiger partial charge in [-0.2, -0.15) is 0 Å². The van der Waals surface area contributed by atoms with Gasteiger partial charge in [-0.3, -0.25) is 4.79 Å². The molecule has 0 spiro atoms. The molecule has 0 N–H and O–H groups in total. The monoisotopic (exact) mass is 319 g/mol. The van der Waals surface area contributed by atoms with E-state index >= 15 is 0 Å². The summed E-state index contributed by atoms with van der Waals surface area (Å²) in [6.07, 6.45) is 0.681. The van der Waals surface area contributed by atoms with Gasteiger partial charge in [0, 0.05) is 11.3 Å². The summed E-state index contributed by atoms with van der Waals surface area (Å²) in [5, 5.41) is 0.838. The highest BCUT2D eigenvalue weighted by Gasteiger charge is 2.31. The van der Waals surface area contributed by atoms with Gasteiger partial charge in [0.15, 0.2) is 0 Å². The van der Waals surface area contributed by atoms with Crippen LogP contribution in [0, 0.1) is 0 Å². The molecule has 1 aromatic rings. The summed E-state index contributed by atoms with van der Waals surface area (Å²) < 4.78 is 33.9. The number of fused-ring (bicyclic) bond motifs is 1. The summed E-state index contributed by atoms with van der Waals surface area (Å²) in [6.45, 7) is 1.83. The number of carbonyl (C=O) groups is 1. The van der Waals surface area contributed by atoms with Gasteiger partial charge in [-0.1, -0.05) is 0 Å². The highest BCUT2D eigenvalue weighted by atomic mass is 32.1. The minimum Gasteiger partial charge on any atom is -0.465 e. The zero-order valence-electron chi connectivity index (χ0n) is 11.9. The van der Waals surface area contributed by atoms with Crippen molar-refractivity contribution in [3.8, 4) is 0 Å². The lowest BCUT2D eigenvalue weighted by Crippen LogP contribution is -2.20. The maximum Gasteiger partial charge on any atom is 0.315 e. The average molecular weight is 319 g/mol. The van der Waals surface area contributed by atoms with Gasteiger partial charge in [-0.15, -0.1) is 11.3 Å². The molecule has 21 heavy (non-hydrogen) atoms. The molecule has 1 heterocycles. The van der Waals surface area contributed by atoms with Crippen LogP contribution in [0.3, 0.4) is 0 Å². The van der Waals surface area contributed by atoms with Crippen molar-refractivity contribution < 1.29 is 23.0 Å². The average Bonchev–Trinajstić information content (AvgIpc) is 2.86. The first kappa shape index (κ1) is 16.3. The van der Waals surface area contributed by atoms with Crippen LogP contribution in [-0.4, -0.2) is 37.2 Å². The predicted molar refractivity (Wildman–Crippen MR) is 75.0 cm³/mol. The predicted octanol–water partition coefficient (Wildman–Crippen LogP) is 2.95. The van der Waals surface area contributed by atoms with E-state index in [4.69, 9.17) is 9.47 Å². The first-order valence-electron chi connectivity index (χ1n) is 7.12. The SMILES string of the molecule is CCOC(=O)C1CCCc2sc(CCOCC(F)F)nc21. The number of nitrogens with zero attached hydrogens (tertiary/aromatic N) is 1. The van der Waals surface area contributed by atoms with Crippen LogP contribution in [0.2, 0.25) is 0 Å². The largest absolute Gasteiger partial charge is 0.465 e. The first-order chi connectivity index (χ1) is 10.1. The molecule has 0 saturated heterocycles. The molecule has 1 aromatic heterocycles. The molecule has 0 aliphatic heterocycles. The minimum absolute atomic E-state index is 0.218. The quantitative estimate of drug-likeness (QED) is 0.573. The number of halogens is 2. The Balaban J connectivity index is 1.96. The van der Waals surface area contributed by atoms with Crippen molar-refractivity contribution >= 4 is 17.3 Å². The third-order valence-corrected chi connectivity index (χ3v) is 4.46. The van der Waals surface area contributed by atoms with Crippen LogP contribution in [0.4, 0.5) is 8.78 Å². The van der Waals surface area contributed by atoms with Crippen molar-refractivity contribution in [1.29, 1.82) is 0 Å². The number of carbonyl (C=O) groups excluding carboxylic acids is 1. The maximum atomic E-state index is 12.0. The number of alkyl halides is 2. The van der Waals surface area contributed by atoms with E-state index in [0.29, 0.717) is 13.0 Å². The van der Waals surface area contributed by atoms with Crippen LogP contribution in [-0.2, 0) is 27.1 Å². The van der Waals surface area contributed by atoms with E-state index in [9.17, 15) is 13.6 Å². The van der Waals surface area contributed by atoms with E-state index in [2.05, 4.69) is 4.98 Å². The van der Waals surface area contributed by atoms with Gasteiger partial charge in [0.1, 0.15) is 12.5 Å². The summed E-state index contributed by atoms with van der Waals surface area (Å²) in [5.74, 6) is -0.495. The molecule has 4 nitrogen and oxygen atoms in total. The number of aryl methyl sites for hydroxylation is 1.